The standard InChI is InChI=1S/C18H24N4O2/c23-14-16-7-4-8-21(11-16)18(24)19-9-17-10-20-22(13-17)12-15-5-2-1-3-6-15/h1-3,5-6,10,13,16,23H,4,7-9,11-12,14H2,(H,19,24). The van der Waals surface area contributed by atoms with Crippen LogP contribution in [0.15, 0.2) is 42.7 Å². The van der Waals surface area contributed by atoms with Crippen molar-refractivity contribution in [1.29, 1.82) is 0 Å². The van der Waals surface area contributed by atoms with Gasteiger partial charge in [0.1, 0.15) is 0 Å². The molecule has 1 atom stereocenters. The number of aliphatic hydroxyl groups is 1. The molecule has 1 unspecified atom stereocenters. The maximum atomic E-state index is 12.2. The molecule has 2 heterocycles. The molecule has 6 nitrogen and oxygen atoms in total. The maximum Gasteiger partial charge on any atom is 0.317 e. The van der Waals surface area contributed by atoms with E-state index in [1.165, 1.54) is 5.56 Å². The molecule has 2 amide bonds. The van der Waals surface area contributed by atoms with E-state index in [0.717, 1.165) is 31.5 Å². The van der Waals surface area contributed by atoms with Crippen molar-refractivity contribution in [2.24, 2.45) is 5.92 Å². The van der Waals surface area contributed by atoms with Gasteiger partial charge in [-0.15, -0.1) is 0 Å². The van der Waals surface area contributed by atoms with E-state index in [9.17, 15) is 9.90 Å². The van der Waals surface area contributed by atoms with Crippen LogP contribution >= 0.6 is 0 Å². The van der Waals surface area contributed by atoms with E-state index in [1.54, 1.807) is 11.1 Å². The van der Waals surface area contributed by atoms with Crippen molar-refractivity contribution >= 4 is 6.03 Å². The number of amides is 2. The number of rotatable bonds is 5. The van der Waals surface area contributed by atoms with Crippen LogP contribution in [0.2, 0.25) is 0 Å². The van der Waals surface area contributed by atoms with E-state index in [4.69, 9.17) is 0 Å². The molecule has 24 heavy (non-hydrogen) atoms. The van der Waals surface area contributed by atoms with E-state index in [1.807, 2.05) is 29.1 Å². The van der Waals surface area contributed by atoms with Crippen molar-refractivity contribution in [3.05, 3.63) is 53.9 Å². The summed E-state index contributed by atoms with van der Waals surface area (Å²) in [4.78, 5) is 14.0. The molecule has 0 bridgehead atoms. The minimum absolute atomic E-state index is 0.0658. The summed E-state index contributed by atoms with van der Waals surface area (Å²) >= 11 is 0. The summed E-state index contributed by atoms with van der Waals surface area (Å²) in [5.41, 5.74) is 2.18. The molecule has 0 spiro atoms. The van der Waals surface area contributed by atoms with Gasteiger partial charge in [-0.1, -0.05) is 30.3 Å². The number of aromatic nitrogens is 2. The summed E-state index contributed by atoms with van der Waals surface area (Å²) in [7, 11) is 0. The Bertz CT molecular complexity index is 656. The smallest absolute Gasteiger partial charge is 0.317 e. The number of urea groups is 1. The summed E-state index contributed by atoms with van der Waals surface area (Å²) in [6, 6.07) is 10.1. The van der Waals surface area contributed by atoms with Crippen LogP contribution in [0.1, 0.15) is 24.0 Å². The quantitative estimate of drug-likeness (QED) is 0.880. The van der Waals surface area contributed by atoms with Crippen molar-refractivity contribution in [3.63, 3.8) is 0 Å². The van der Waals surface area contributed by atoms with Gasteiger partial charge < -0.3 is 15.3 Å². The molecule has 1 aromatic carbocycles. The summed E-state index contributed by atoms with van der Waals surface area (Å²) in [6.45, 7) is 2.73. The lowest BCUT2D eigenvalue weighted by Crippen LogP contribution is -2.45. The Morgan fingerprint density at radius 2 is 2.12 bits per heavy atom. The highest BCUT2D eigenvalue weighted by Gasteiger charge is 2.22. The Morgan fingerprint density at radius 3 is 2.92 bits per heavy atom. The number of carbonyl (C=O) groups excluding carboxylic acids is 1. The second kappa shape index (κ2) is 7.97. The zero-order valence-corrected chi connectivity index (χ0v) is 13.8. The van der Waals surface area contributed by atoms with Crippen LogP contribution in [-0.4, -0.2) is 45.5 Å². The van der Waals surface area contributed by atoms with Gasteiger partial charge in [-0.05, 0) is 24.3 Å². The molecule has 2 N–H and O–H groups in total. The first-order chi connectivity index (χ1) is 11.7. The topological polar surface area (TPSA) is 70.4 Å². The predicted molar refractivity (Wildman–Crippen MR) is 91.4 cm³/mol. The molecule has 0 radical (unpaired) electrons. The number of likely N-dealkylation sites (tertiary alicyclic amines) is 1. The number of benzene rings is 1. The van der Waals surface area contributed by atoms with Gasteiger partial charge >= 0.3 is 6.03 Å². The van der Waals surface area contributed by atoms with Crippen LogP contribution in [0.3, 0.4) is 0 Å². The fourth-order valence-electron chi connectivity index (χ4n) is 3.04. The van der Waals surface area contributed by atoms with Crippen LogP contribution in [0.4, 0.5) is 4.79 Å². The van der Waals surface area contributed by atoms with E-state index in [2.05, 4.69) is 22.5 Å². The Hall–Kier alpha value is -2.34. The normalized spacial score (nSPS) is 17.7. The summed E-state index contributed by atoms with van der Waals surface area (Å²) in [5.74, 6) is 0.207. The molecule has 1 aliphatic heterocycles. The van der Waals surface area contributed by atoms with Gasteiger partial charge in [0, 0.05) is 38.0 Å². The van der Waals surface area contributed by atoms with Crippen molar-refractivity contribution in [2.75, 3.05) is 19.7 Å². The number of piperidine rings is 1. The zero-order valence-electron chi connectivity index (χ0n) is 13.8. The molecule has 2 aromatic rings. The van der Waals surface area contributed by atoms with E-state index >= 15 is 0 Å². The highest BCUT2D eigenvalue weighted by molar-refractivity contribution is 5.74. The second-order valence-electron chi connectivity index (χ2n) is 6.33. The largest absolute Gasteiger partial charge is 0.396 e. The number of aliphatic hydroxyl groups excluding tert-OH is 1. The molecule has 128 valence electrons. The molecule has 0 saturated carbocycles. The monoisotopic (exact) mass is 328 g/mol. The third kappa shape index (κ3) is 4.35. The maximum absolute atomic E-state index is 12.2. The van der Waals surface area contributed by atoms with Crippen LogP contribution in [0.25, 0.3) is 0 Å². The second-order valence-corrected chi connectivity index (χ2v) is 6.33. The molecular formula is C18H24N4O2. The van der Waals surface area contributed by atoms with Crippen molar-refractivity contribution < 1.29 is 9.90 Å². The Kier molecular flexibility index (Phi) is 5.48. The van der Waals surface area contributed by atoms with Gasteiger partial charge in [0.15, 0.2) is 0 Å². The fraction of sp³-hybridized carbons (Fsp3) is 0.444. The highest BCUT2D eigenvalue weighted by Crippen LogP contribution is 2.15. The molecule has 1 aliphatic rings. The third-order valence-electron chi connectivity index (χ3n) is 4.38. The van der Waals surface area contributed by atoms with E-state index in [0.29, 0.717) is 13.1 Å². The average Bonchev–Trinajstić information content (AvgIpc) is 3.08. The number of hydrogen-bond donors (Lipinski definition) is 2. The summed E-state index contributed by atoms with van der Waals surface area (Å²) < 4.78 is 1.87. The average molecular weight is 328 g/mol. The molecule has 1 aromatic heterocycles. The molecule has 6 heteroatoms. The van der Waals surface area contributed by atoms with Crippen LogP contribution in [0, 0.1) is 5.92 Å². The lowest BCUT2D eigenvalue weighted by molar-refractivity contribution is 0.129. The lowest BCUT2D eigenvalue weighted by atomic mass is 9.99. The van der Waals surface area contributed by atoms with Gasteiger partial charge in [0.05, 0.1) is 12.7 Å². The zero-order chi connectivity index (χ0) is 16.8. The Balaban J connectivity index is 1.49. The lowest BCUT2D eigenvalue weighted by Gasteiger charge is -2.31. The van der Waals surface area contributed by atoms with Gasteiger partial charge in [-0.2, -0.15) is 5.10 Å². The van der Waals surface area contributed by atoms with Gasteiger partial charge in [0.2, 0.25) is 0 Å². The number of hydrogen-bond acceptors (Lipinski definition) is 3. The minimum Gasteiger partial charge on any atom is -0.396 e. The first-order valence-electron chi connectivity index (χ1n) is 8.43. The molecule has 1 fully saturated rings. The third-order valence-corrected chi connectivity index (χ3v) is 4.38. The van der Waals surface area contributed by atoms with Crippen LogP contribution < -0.4 is 5.32 Å². The Morgan fingerprint density at radius 1 is 1.29 bits per heavy atom. The van der Waals surface area contributed by atoms with E-state index in [-0.39, 0.29) is 18.6 Å². The molecule has 0 aliphatic carbocycles. The van der Waals surface area contributed by atoms with Crippen LogP contribution in [0.5, 0.6) is 0 Å². The van der Waals surface area contributed by atoms with Crippen LogP contribution in [-0.2, 0) is 13.1 Å². The van der Waals surface area contributed by atoms with Gasteiger partial charge in [-0.3, -0.25) is 4.68 Å². The SMILES string of the molecule is O=C(NCc1cnn(Cc2ccccc2)c1)N1CCCC(CO)C1. The minimum atomic E-state index is -0.0658. The number of carbonyl (C=O) groups is 1. The summed E-state index contributed by atoms with van der Waals surface area (Å²) in [5, 5.41) is 16.5. The highest BCUT2D eigenvalue weighted by atomic mass is 16.3. The predicted octanol–water partition coefficient (Wildman–Crippen LogP) is 1.85. The number of nitrogens with one attached hydrogen (secondary N) is 1. The Labute approximate surface area is 142 Å². The number of nitrogens with zero attached hydrogens (tertiary/aromatic N) is 3. The summed E-state index contributed by atoms with van der Waals surface area (Å²) in [6.07, 6.45) is 5.69. The van der Waals surface area contributed by atoms with Crippen molar-refractivity contribution in [1.82, 2.24) is 20.0 Å². The van der Waals surface area contributed by atoms with Crippen molar-refractivity contribution in [2.45, 2.75) is 25.9 Å². The first kappa shape index (κ1) is 16.5. The first-order valence-corrected chi connectivity index (χ1v) is 8.43. The van der Waals surface area contributed by atoms with Gasteiger partial charge in [-0.25, -0.2) is 4.79 Å². The van der Waals surface area contributed by atoms with E-state index < -0.39 is 0 Å². The fourth-order valence-corrected chi connectivity index (χ4v) is 3.04. The molecular weight excluding hydrogens is 304 g/mol. The molecule has 3 rings (SSSR count). The molecule has 1 saturated heterocycles. The van der Waals surface area contributed by atoms with Gasteiger partial charge in [0.25, 0.3) is 0 Å². The van der Waals surface area contributed by atoms with Crippen molar-refractivity contribution in [3.8, 4) is 0 Å².